The fraction of sp³-hybridized carbons (Fsp3) is 0.154. The molecule has 1 N–H and O–H groups in total. The molecule has 0 fully saturated rings. The molecule has 1 aromatic heterocycles. The van der Waals surface area contributed by atoms with Crippen LogP contribution in [0.15, 0.2) is 34.9 Å². The van der Waals surface area contributed by atoms with Crippen molar-refractivity contribution in [2.24, 2.45) is 0 Å². The van der Waals surface area contributed by atoms with Crippen LogP contribution in [-0.4, -0.2) is 11.8 Å². The highest BCUT2D eigenvalue weighted by Gasteiger charge is 2.16. The summed E-state index contributed by atoms with van der Waals surface area (Å²) in [5.74, 6) is 1.38. The lowest BCUT2D eigenvalue weighted by molar-refractivity contribution is 0.174. The first-order valence-corrected chi connectivity index (χ1v) is 6.84. The van der Waals surface area contributed by atoms with Crippen LogP contribution in [-0.2, 0) is 6.54 Å². The molecule has 2 aromatic rings. The molecule has 1 aliphatic heterocycles. The van der Waals surface area contributed by atoms with Gasteiger partial charge in [-0.3, -0.25) is 0 Å². The Morgan fingerprint density at radius 2 is 2.05 bits per heavy atom. The van der Waals surface area contributed by atoms with Gasteiger partial charge in [-0.25, -0.2) is 4.98 Å². The highest BCUT2D eigenvalue weighted by atomic mass is 79.9. The summed E-state index contributed by atoms with van der Waals surface area (Å²) in [4.78, 5) is 4.35. The fourth-order valence-electron chi connectivity index (χ4n) is 1.79. The molecule has 0 bridgehead atoms. The van der Waals surface area contributed by atoms with E-state index in [1.54, 1.807) is 6.07 Å². The van der Waals surface area contributed by atoms with E-state index < -0.39 is 0 Å². The number of ether oxygens (including phenoxy) is 2. The average molecular weight is 342 g/mol. The summed E-state index contributed by atoms with van der Waals surface area (Å²) in [5, 5.41) is 3.83. The first kappa shape index (κ1) is 12.6. The normalized spacial score (nSPS) is 12.5. The minimum absolute atomic E-state index is 0.238. The van der Waals surface area contributed by atoms with Crippen molar-refractivity contribution in [2.75, 3.05) is 12.1 Å². The smallest absolute Gasteiger partial charge is 0.231 e. The average Bonchev–Trinajstić information content (AvgIpc) is 2.83. The third-order valence-electron chi connectivity index (χ3n) is 2.69. The van der Waals surface area contributed by atoms with Crippen LogP contribution in [0.4, 0.5) is 5.69 Å². The lowest BCUT2D eigenvalue weighted by Gasteiger charge is -2.09. The number of benzene rings is 1. The molecule has 0 spiro atoms. The van der Waals surface area contributed by atoms with Gasteiger partial charge in [-0.05, 0) is 28.1 Å². The van der Waals surface area contributed by atoms with Crippen molar-refractivity contribution in [3.63, 3.8) is 0 Å². The van der Waals surface area contributed by atoms with Gasteiger partial charge in [0.2, 0.25) is 6.79 Å². The predicted molar refractivity (Wildman–Crippen MR) is 76.8 cm³/mol. The van der Waals surface area contributed by atoms with E-state index in [4.69, 9.17) is 21.1 Å². The van der Waals surface area contributed by atoms with Crippen LogP contribution < -0.4 is 14.8 Å². The minimum Gasteiger partial charge on any atom is -0.454 e. The number of hydrogen-bond acceptors (Lipinski definition) is 4. The van der Waals surface area contributed by atoms with E-state index in [1.165, 1.54) is 0 Å². The van der Waals surface area contributed by atoms with Crippen LogP contribution in [0, 0.1) is 0 Å². The van der Waals surface area contributed by atoms with E-state index in [-0.39, 0.29) is 6.79 Å². The van der Waals surface area contributed by atoms with Gasteiger partial charge >= 0.3 is 0 Å². The summed E-state index contributed by atoms with van der Waals surface area (Å²) < 4.78 is 11.4. The Kier molecular flexibility index (Phi) is 3.48. The quantitative estimate of drug-likeness (QED) is 0.862. The fourth-order valence-corrected chi connectivity index (χ4v) is 2.39. The van der Waals surface area contributed by atoms with Gasteiger partial charge in [0.25, 0.3) is 0 Å². The van der Waals surface area contributed by atoms with Crippen molar-refractivity contribution in [1.29, 1.82) is 0 Å². The van der Waals surface area contributed by atoms with E-state index in [9.17, 15) is 0 Å². The van der Waals surface area contributed by atoms with Gasteiger partial charge in [0.1, 0.15) is 4.60 Å². The topological polar surface area (TPSA) is 43.4 Å². The molecule has 0 amide bonds. The summed E-state index contributed by atoms with van der Waals surface area (Å²) in [6.07, 6.45) is 0. The van der Waals surface area contributed by atoms with Gasteiger partial charge in [0.05, 0.1) is 22.9 Å². The molecule has 19 heavy (non-hydrogen) atoms. The highest BCUT2D eigenvalue weighted by Crippen LogP contribution is 2.39. The van der Waals surface area contributed by atoms with Gasteiger partial charge in [-0.15, -0.1) is 0 Å². The summed E-state index contributed by atoms with van der Waals surface area (Å²) >= 11 is 9.52. The van der Waals surface area contributed by atoms with Crippen molar-refractivity contribution >= 4 is 33.2 Å². The first-order valence-electron chi connectivity index (χ1n) is 5.67. The van der Waals surface area contributed by atoms with Crippen LogP contribution in [0.5, 0.6) is 11.5 Å². The molecule has 3 rings (SSSR count). The molecule has 98 valence electrons. The van der Waals surface area contributed by atoms with Crippen LogP contribution >= 0.6 is 27.5 Å². The monoisotopic (exact) mass is 340 g/mol. The Labute approximate surface area is 123 Å². The number of nitrogens with zero attached hydrogens (tertiary/aromatic N) is 1. The Morgan fingerprint density at radius 3 is 2.84 bits per heavy atom. The number of rotatable bonds is 3. The van der Waals surface area contributed by atoms with E-state index in [2.05, 4.69) is 26.2 Å². The van der Waals surface area contributed by atoms with Crippen molar-refractivity contribution in [3.05, 3.63) is 45.7 Å². The molecule has 0 saturated heterocycles. The number of aromatic nitrogens is 1. The lowest BCUT2D eigenvalue weighted by atomic mass is 10.2. The van der Waals surface area contributed by atoms with Crippen molar-refractivity contribution < 1.29 is 9.47 Å². The second-order valence-corrected chi connectivity index (χ2v) is 5.21. The van der Waals surface area contributed by atoms with Crippen molar-refractivity contribution in [3.8, 4) is 11.5 Å². The Hall–Kier alpha value is -1.46. The van der Waals surface area contributed by atoms with Crippen LogP contribution in [0.25, 0.3) is 0 Å². The second-order valence-electron chi connectivity index (χ2n) is 3.99. The summed E-state index contributed by atoms with van der Waals surface area (Å²) in [5.41, 5.74) is 1.72. The van der Waals surface area contributed by atoms with Crippen LogP contribution in [0.1, 0.15) is 5.69 Å². The minimum atomic E-state index is 0.238. The largest absolute Gasteiger partial charge is 0.454 e. The predicted octanol–water partition coefficient (Wildman–Crippen LogP) is 3.84. The molecule has 0 unspecified atom stereocenters. The van der Waals surface area contributed by atoms with Crippen molar-refractivity contribution in [2.45, 2.75) is 6.54 Å². The van der Waals surface area contributed by atoms with Crippen LogP contribution in [0.2, 0.25) is 5.02 Å². The zero-order valence-electron chi connectivity index (χ0n) is 9.82. The molecule has 6 heteroatoms. The number of anilines is 1. The third kappa shape index (κ3) is 2.77. The van der Waals surface area contributed by atoms with E-state index in [0.29, 0.717) is 23.1 Å². The number of halogens is 2. The number of pyridine rings is 1. The Bertz CT molecular complexity index is 622. The first-order chi connectivity index (χ1) is 9.22. The van der Waals surface area contributed by atoms with Gasteiger partial charge < -0.3 is 14.8 Å². The number of nitrogens with one attached hydrogen (secondary N) is 1. The van der Waals surface area contributed by atoms with E-state index in [0.717, 1.165) is 16.0 Å². The highest BCUT2D eigenvalue weighted by molar-refractivity contribution is 9.10. The van der Waals surface area contributed by atoms with Gasteiger partial charge in [0.15, 0.2) is 11.5 Å². The maximum Gasteiger partial charge on any atom is 0.231 e. The molecule has 1 aromatic carbocycles. The van der Waals surface area contributed by atoms with Gasteiger partial charge in [-0.2, -0.15) is 0 Å². The molecule has 4 nitrogen and oxygen atoms in total. The SMILES string of the molecule is Clc1cc2c(cc1NCc1cccc(Br)n1)OCO2. The maximum absolute atomic E-state index is 6.18. The second kappa shape index (κ2) is 5.27. The molecular weight excluding hydrogens is 332 g/mol. The van der Waals surface area contributed by atoms with Gasteiger partial charge in [0, 0.05) is 12.1 Å². The summed E-state index contributed by atoms with van der Waals surface area (Å²) in [6.45, 7) is 0.821. The zero-order valence-corrected chi connectivity index (χ0v) is 12.2. The Morgan fingerprint density at radius 1 is 1.26 bits per heavy atom. The van der Waals surface area contributed by atoms with E-state index >= 15 is 0 Å². The Balaban J connectivity index is 1.77. The zero-order chi connectivity index (χ0) is 13.2. The summed E-state index contributed by atoms with van der Waals surface area (Å²) in [7, 11) is 0. The lowest BCUT2D eigenvalue weighted by Crippen LogP contribution is -2.02. The molecular formula is C13H10BrClN2O2. The van der Waals surface area contributed by atoms with E-state index in [1.807, 2.05) is 24.3 Å². The number of hydrogen-bond donors (Lipinski definition) is 1. The summed E-state index contributed by atoms with van der Waals surface area (Å²) in [6, 6.07) is 9.36. The maximum atomic E-state index is 6.18. The molecule has 0 aliphatic carbocycles. The molecule has 0 atom stereocenters. The van der Waals surface area contributed by atoms with Gasteiger partial charge in [-0.1, -0.05) is 17.7 Å². The molecule has 1 aliphatic rings. The molecule has 0 saturated carbocycles. The molecule has 0 radical (unpaired) electrons. The standard InChI is InChI=1S/C13H10BrClN2O2/c14-13-3-1-2-8(17-13)6-16-10-5-12-11(4-9(10)15)18-7-19-12/h1-5,16H,6-7H2. The molecule has 2 heterocycles. The number of fused-ring (bicyclic) bond motifs is 1. The van der Waals surface area contributed by atoms with Crippen molar-refractivity contribution in [1.82, 2.24) is 4.98 Å². The van der Waals surface area contributed by atoms with Crippen LogP contribution in [0.3, 0.4) is 0 Å². The third-order valence-corrected chi connectivity index (χ3v) is 3.45.